The van der Waals surface area contributed by atoms with E-state index in [0.717, 1.165) is 11.3 Å². The molecule has 0 saturated heterocycles. The minimum atomic E-state index is -0.346. The van der Waals surface area contributed by atoms with Crippen molar-refractivity contribution in [2.45, 2.75) is 6.54 Å². The van der Waals surface area contributed by atoms with Crippen molar-refractivity contribution >= 4 is 17.5 Å². The molecule has 2 heterocycles. The smallest absolute Gasteiger partial charge is 0.287 e. The number of nitrogens with one attached hydrogen (secondary N) is 1. The summed E-state index contributed by atoms with van der Waals surface area (Å²) in [5, 5.41) is 2.91. The maximum Gasteiger partial charge on any atom is 0.287 e. The zero-order valence-electron chi connectivity index (χ0n) is 13.4. The largest absolute Gasteiger partial charge is 0.497 e. The molecule has 0 unspecified atom stereocenters. The third-order valence-corrected chi connectivity index (χ3v) is 3.53. The lowest BCUT2D eigenvalue weighted by molar-refractivity contribution is 0.0923. The molecule has 1 amide bonds. The number of hydrogen-bond donors (Lipinski definition) is 1. The molecule has 25 heavy (non-hydrogen) atoms. The first-order chi connectivity index (χ1) is 12.1. The van der Waals surface area contributed by atoms with Gasteiger partial charge in [-0.25, -0.2) is 4.98 Å². The molecule has 0 radical (unpaired) electrons. The van der Waals surface area contributed by atoms with Gasteiger partial charge in [0.2, 0.25) is 5.88 Å². The van der Waals surface area contributed by atoms with Crippen LogP contribution in [-0.2, 0) is 6.54 Å². The number of amides is 1. The molecule has 3 rings (SSSR count). The van der Waals surface area contributed by atoms with E-state index in [4.69, 9.17) is 25.5 Å². The van der Waals surface area contributed by atoms with Gasteiger partial charge in [-0.3, -0.25) is 4.79 Å². The van der Waals surface area contributed by atoms with E-state index in [2.05, 4.69) is 10.3 Å². The summed E-state index contributed by atoms with van der Waals surface area (Å²) in [6, 6.07) is 13.7. The lowest BCUT2D eigenvalue weighted by Crippen LogP contribution is -2.22. The molecule has 1 aromatic carbocycles. The fourth-order valence-corrected chi connectivity index (χ4v) is 2.23. The molecule has 0 aliphatic rings. The van der Waals surface area contributed by atoms with Gasteiger partial charge in [-0.2, -0.15) is 0 Å². The van der Waals surface area contributed by atoms with E-state index in [9.17, 15) is 4.79 Å². The quantitative estimate of drug-likeness (QED) is 0.719. The molecule has 0 spiro atoms. The predicted octanol–water partition coefficient (Wildman–Crippen LogP) is 4.06. The summed E-state index contributed by atoms with van der Waals surface area (Å²) in [7, 11) is 1.60. The Balaban J connectivity index is 1.61. The van der Waals surface area contributed by atoms with Gasteiger partial charge in [-0.15, -0.1) is 0 Å². The molecule has 0 aliphatic carbocycles. The minimum absolute atomic E-state index is 0.161. The minimum Gasteiger partial charge on any atom is -0.497 e. The number of carbonyl (C=O) groups excluding carboxylic acids is 1. The van der Waals surface area contributed by atoms with Gasteiger partial charge in [0.15, 0.2) is 11.0 Å². The molecule has 2 aromatic heterocycles. The van der Waals surface area contributed by atoms with E-state index in [1.165, 1.54) is 12.1 Å². The number of ether oxygens (including phenoxy) is 2. The molecule has 0 saturated carbocycles. The third-order valence-electron chi connectivity index (χ3n) is 3.33. The second-order valence-corrected chi connectivity index (χ2v) is 5.44. The first kappa shape index (κ1) is 16.9. The topological polar surface area (TPSA) is 73.6 Å². The van der Waals surface area contributed by atoms with Gasteiger partial charge >= 0.3 is 0 Å². The summed E-state index contributed by atoms with van der Waals surface area (Å²) in [4.78, 5) is 16.1. The van der Waals surface area contributed by atoms with Crippen LogP contribution in [0.4, 0.5) is 0 Å². The van der Waals surface area contributed by atoms with Crippen LogP contribution in [0.25, 0.3) is 0 Å². The van der Waals surface area contributed by atoms with E-state index in [1.807, 2.05) is 0 Å². The molecular weight excluding hydrogens is 344 g/mol. The lowest BCUT2D eigenvalue weighted by atomic mass is 10.2. The molecule has 128 valence electrons. The van der Waals surface area contributed by atoms with E-state index < -0.39 is 0 Å². The number of rotatable bonds is 6. The molecule has 3 aromatic rings. The van der Waals surface area contributed by atoms with Gasteiger partial charge in [0, 0.05) is 18.8 Å². The van der Waals surface area contributed by atoms with Gasteiger partial charge in [-0.05, 0) is 59.6 Å². The van der Waals surface area contributed by atoms with Gasteiger partial charge in [-0.1, -0.05) is 0 Å². The van der Waals surface area contributed by atoms with Gasteiger partial charge in [0.25, 0.3) is 5.91 Å². The van der Waals surface area contributed by atoms with Crippen LogP contribution in [-0.4, -0.2) is 18.0 Å². The van der Waals surface area contributed by atoms with Gasteiger partial charge in [0.1, 0.15) is 11.5 Å². The van der Waals surface area contributed by atoms with Crippen LogP contribution >= 0.6 is 11.6 Å². The predicted molar refractivity (Wildman–Crippen MR) is 92.2 cm³/mol. The first-order valence-corrected chi connectivity index (χ1v) is 7.82. The Bertz CT molecular complexity index is 862. The van der Waals surface area contributed by atoms with E-state index in [-0.39, 0.29) is 16.9 Å². The highest BCUT2D eigenvalue weighted by atomic mass is 35.5. The summed E-state index contributed by atoms with van der Waals surface area (Å²) in [5.74, 6) is 1.63. The van der Waals surface area contributed by atoms with Crippen molar-refractivity contribution in [1.29, 1.82) is 0 Å². The number of halogens is 1. The zero-order chi connectivity index (χ0) is 17.6. The number of nitrogens with zero attached hydrogens (tertiary/aromatic N) is 1. The van der Waals surface area contributed by atoms with Crippen LogP contribution in [0.3, 0.4) is 0 Å². The van der Waals surface area contributed by atoms with Gasteiger partial charge in [0.05, 0.1) is 7.11 Å². The highest BCUT2D eigenvalue weighted by molar-refractivity contribution is 6.29. The Morgan fingerprint density at radius 3 is 2.60 bits per heavy atom. The Hall–Kier alpha value is -2.99. The summed E-state index contributed by atoms with van der Waals surface area (Å²) in [6.45, 7) is 0.304. The van der Waals surface area contributed by atoms with Crippen molar-refractivity contribution in [3.8, 4) is 17.4 Å². The molecule has 6 nitrogen and oxygen atoms in total. The highest BCUT2D eigenvalue weighted by Gasteiger charge is 2.10. The van der Waals surface area contributed by atoms with Crippen molar-refractivity contribution in [3.05, 3.63) is 71.3 Å². The standard InChI is InChI=1S/C18H15ClN2O4/c1-23-13-2-4-14(5-3-13)24-17-10-12(8-9-20-17)11-21-18(22)15-6-7-16(19)25-15/h2-10H,11H2,1H3,(H,21,22). The van der Waals surface area contributed by atoms with Crippen molar-refractivity contribution in [2.75, 3.05) is 7.11 Å². The number of pyridine rings is 1. The van der Waals surface area contributed by atoms with Crippen LogP contribution in [0.2, 0.25) is 5.22 Å². The summed E-state index contributed by atoms with van der Waals surface area (Å²) < 4.78 is 15.9. The van der Waals surface area contributed by atoms with Crippen molar-refractivity contribution in [1.82, 2.24) is 10.3 Å². The van der Waals surface area contributed by atoms with Crippen molar-refractivity contribution in [3.63, 3.8) is 0 Å². The molecule has 7 heteroatoms. The number of benzene rings is 1. The monoisotopic (exact) mass is 358 g/mol. The number of methoxy groups -OCH3 is 1. The molecular formula is C18H15ClN2O4. The van der Waals surface area contributed by atoms with Crippen LogP contribution in [0.5, 0.6) is 17.4 Å². The van der Waals surface area contributed by atoms with Crippen LogP contribution in [0.15, 0.2) is 59.1 Å². The maximum atomic E-state index is 11.9. The fourth-order valence-electron chi connectivity index (χ4n) is 2.09. The molecule has 1 N–H and O–H groups in total. The highest BCUT2D eigenvalue weighted by Crippen LogP contribution is 2.22. The Morgan fingerprint density at radius 1 is 1.16 bits per heavy atom. The second-order valence-electron chi connectivity index (χ2n) is 5.07. The number of carbonyl (C=O) groups is 1. The van der Waals surface area contributed by atoms with E-state index in [1.54, 1.807) is 49.7 Å². The SMILES string of the molecule is COc1ccc(Oc2cc(CNC(=O)c3ccc(Cl)o3)ccn2)cc1. The van der Waals surface area contributed by atoms with Crippen LogP contribution in [0.1, 0.15) is 16.1 Å². The van der Waals surface area contributed by atoms with Crippen molar-refractivity contribution < 1.29 is 18.7 Å². The molecule has 0 bridgehead atoms. The normalized spacial score (nSPS) is 10.3. The Morgan fingerprint density at radius 2 is 1.92 bits per heavy atom. The Labute approximate surface area is 149 Å². The summed E-state index contributed by atoms with van der Waals surface area (Å²) in [6.07, 6.45) is 1.62. The molecule has 0 aliphatic heterocycles. The zero-order valence-corrected chi connectivity index (χ0v) is 14.1. The van der Waals surface area contributed by atoms with E-state index >= 15 is 0 Å². The first-order valence-electron chi connectivity index (χ1n) is 7.44. The van der Waals surface area contributed by atoms with Gasteiger partial charge < -0.3 is 19.2 Å². The second kappa shape index (κ2) is 7.72. The molecule has 0 atom stereocenters. The Kier molecular flexibility index (Phi) is 5.20. The molecule has 0 fully saturated rings. The number of aromatic nitrogens is 1. The summed E-state index contributed by atoms with van der Waals surface area (Å²) >= 11 is 5.66. The van der Waals surface area contributed by atoms with E-state index in [0.29, 0.717) is 18.2 Å². The summed E-state index contributed by atoms with van der Waals surface area (Å²) in [5.41, 5.74) is 0.838. The lowest BCUT2D eigenvalue weighted by Gasteiger charge is -2.08. The maximum absolute atomic E-state index is 11.9. The number of furan rings is 1. The van der Waals surface area contributed by atoms with Crippen molar-refractivity contribution in [2.24, 2.45) is 0 Å². The average molecular weight is 359 g/mol. The third kappa shape index (κ3) is 4.51. The number of hydrogen-bond acceptors (Lipinski definition) is 5. The fraction of sp³-hybridized carbons (Fsp3) is 0.111. The van der Waals surface area contributed by atoms with Crippen LogP contribution in [0, 0.1) is 0 Å². The average Bonchev–Trinajstić information content (AvgIpc) is 3.07. The van der Waals surface area contributed by atoms with Crippen LogP contribution < -0.4 is 14.8 Å².